The summed E-state index contributed by atoms with van der Waals surface area (Å²) in [5.74, 6) is -0.0561. The van der Waals surface area contributed by atoms with Crippen LogP contribution < -0.4 is 5.32 Å². The van der Waals surface area contributed by atoms with Gasteiger partial charge >= 0.3 is 0 Å². The molecule has 0 aromatic heterocycles. The van der Waals surface area contributed by atoms with E-state index >= 15 is 0 Å². The first-order valence-electron chi connectivity index (χ1n) is 6.36. The number of halogens is 2. The predicted molar refractivity (Wildman–Crippen MR) is 68.2 cm³/mol. The van der Waals surface area contributed by atoms with Crippen molar-refractivity contribution in [2.24, 2.45) is 5.92 Å². The van der Waals surface area contributed by atoms with Gasteiger partial charge in [-0.25, -0.2) is 4.39 Å². The minimum absolute atomic E-state index is 0.0892. The maximum Gasteiger partial charge on any atom is 0.141 e. The number of carbonyl (C=O) groups is 1. The molecule has 4 heteroatoms. The highest BCUT2D eigenvalue weighted by Gasteiger charge is 2.42. The van der Waals surface area contributed by atoms with Gasteiger partial charge in [-0.3, -0.25) is 4.79 Å². The molecule has 2 aliphatic rings. The van der Waals surface area contributed by atoms with Gasteiger partial charge in [0.25, 0.3) is 0 Å². The maximum atomic E-state index is 13.0. The van der Waals surface area contributed by atoms with E-state index in [9.17, 15) is 9.18 Å². The molecule has 3 rings (SSSR count). The summed E-state index contributed by atoms with van der Waals surface area (Å²) < 4.78 is 13.0. The van der Waals surface area contributed by atoms with Gasteiger partial charge in [0.05, 0.1) is 5.02 Å². The van der Waals surface area contributed by atoms with Gasteiger partial charge in [-0.05, 0) is 37.0 Å². The quantitative estimate of drug-likeness (QED) is 0.912. The molecule has 1 aromatic rings. The minimum atomic E-state index is -0.436. The monoisotopic (exact) mass is 267 g/mol. The third-order valence-corrected chi connectivity index (χ3v) is 4.37. The van der Waals surface area contributed by atoms with Crippen LogP contribution >= 0.6 is 11.6 Å². The molecule has 3 atom stereocenters. The summed E-state index contributed by atoms with van der Waals surface area (Å²) in [5.41, 5.74) is 0.800. The molecule has 0 radical (unpaired) electrons. The topological polar surface area (TPSA) is 29.1 Å². The van der Waals surface area contributed by atoms with Gasteiger partial charge in [-0.1, -0.05) is 17.7 Å². The van der Waals surface area contributed by atoms with Crippen LogP contribution in [0.4, 0.5) is 4.39 Å². The average Bonchev–Trinajstić information content (AvgIpc) is 2.96. The fourth-order valence-corrected chi connectivity index (χ4v) is 3.37. The summed E-state index contributed by atoms with van der Waals surface area (Å²) >= 11 is 5.72. The molecule has 0 spiro atoms. The lowest BCUT2D eigenvalue weighted by Gasteiger charge is -2.18. The average molecular weight is 268 g/mol. The van der Waals surface area contributed by atoms with E-state index in [0.29, 0.717) is 18.5 Å². The largest absolute Gasteiger partial charge is 0.310 e. The molecule has 2 bridgehead atoms. The van der Waals surface area contributed by atoms with Crippen molar-refractivity contribution in [1.29, 1.82) is 0 Å². The third-order valence-electron chi connectivity index (χ3n) is 4.08. The van der Waals surface area contributed by atoms with Crippen molar-refractivity contribution in [1.82, 2.24) is 5.32 Å². The Bertz CT molecular complexity index is 491. The summed E-state index contributed by atoms with van der Waals surface area (Å²) in [5, 5.41) is 3.55. The van der Waals surface area contributed by atoms with Crippen LogP contribution in [0.2, 0.25) is 5.02 Å². The van der Waals surface area contributed by atoms with Crippen LogP contribution in [0.3, 0.4) is 0 Å². The molecule has 1 aromatic carbocycles. The number of ketones is 1. The molecule has 18 heavy (non-hydrogen) atoms. The van der Waals surface area contributed by atoms with Gasteiger partial charge in [0, 0.05) is 24.4 Å². The minimum Gasteiger partial charge on any atom is -0.310 e. The van der Waals surface area contributed by atoms with E-state index in [4.69, 9.17) is 11.6 Å². The zero-order valence-corrected chi connectivity index (χ0v) is 10.7. The summed E-state index contributed by atoms with van der Waals surface area (Å²) in [6.07, 6.45) is 3.61. The first kappa shape index (κ1) is 12.1. The van der Waals surface area contributed by atoms with E-state index in [0.717, 1.165) is 18.4 Å². The Morgan fingerprint density at radius 1 is 1.44 bits per heavy atom. The van der Waals surface area contributed by atoms with Gasteiger partial charge < -0.3 is 5.32 Å². The lowest BCUT2D eigenvalue weighted by molar-refractivity contribution is -0.122. The number of carbonyl (C=O) groups excluding carboxylic acids is 1. The van der Waals surface area contributed by atoms with Crippen molar-refractivity contribution in [3.8, 4) is 0 Å². The highest BCUT2D eigenvalue weighted by atomic mass is 35.5. The molecular weight excluding hydrogens is 253 g/mol. The zero-order chi connectivity index (χ0) is 12.7. The number of hydrogen-bond donors (Lipinski definition) is 1. The Morgan fingerprint density at radius 2 is 2.28 bits per heavy atom. The van der Waals surface area contributed by atoms with Crippen LogP contribution in [-0.2, 0) is 11.2 Å². The van der Waals surface area contributed by atoms with Crippen LogP contribution in [-0.4, -0.2) is 17.9 Å². The van der Waals surface area contributed by atoms with E-state index in [-0.39, 0.29) is 16.7 Å². The SMILES string of the molecule is O=C(Cc1ccc(F)c(Cl)c1)C1CC2CCC1N2. The second-order valence-corrected chi connectivity index (χ2v) is 5.69. The fraction of sp³-hybridized carbons (Fsp3) is 0.500. The Labute approximate surface area is 111 Å². The standard InChI is InChI=1S/C14H15ClFNO/c15-11-5-8(1-3-12(11)16)6-14(18)10-7-9-2-4-13(10)17-9/h1,3,5,9-10,13,17H,2,4,6-7H2. The molecule has 2 aliphatic heterocycles. The van der Waals surface area contributed by atoms with Crippen LogP contribution in [0.15, 0.2) is 18.2 Å². The number of hydrogen-bond acceptors (Lipinski definition) is 2. The molecular formula is C14H15ClFNO. The normalized spacial score (nSPS) is 29.8. The zero-order valence-electron chi connectivity index (χ0n) is 9.96. The highest BCUT2D eigenvalue weighted by Crippen LogP contribution is 2.34. The fourth-order valence-electron chi connectivity index (χ4n) is 3.16. The molecule has 96 valence electrons. The highest BCUT2D eigenvalue weighted by molar-refractivity contribution is 6.30. The molecule has 2 heterocycles. The van der Waals surface area contributed by atoms with Crippen molar-refractivity contribution in [3.05, 3.63) is 34.6 Å². The van der Waals surface area contributed by atoms with E-state index in [1.54, 1.807) is 12.1 Å². The Hall–Kier alpha value is -0.930. The summed E-state index contributed by atoms with van der Waals surface area (Å²) in [6, 6.07) is 5.40. The molecule has 0 amide bonds. The number of fused-ring (bicyclic) bond motifs is 2. The van der Waals surface area contributed by atoms with Gasteiger partial charge in [-0.2, -0.15) is 0 Å². The van der Waals surface area contributed by atoms with Gasteiger partial charge in [-0.15, -0.1) is 0 Å². The first-order valence-corrected chi connectivity index (χ1v) is 6.74. The molecule has 3 unspecified atom stereocenters. The summed E-state index contributed by atoms with van der Waals surface area (Å²) in [7, 11) is 0. The lowest BCUT2D eigenvalue weighted by Crippen LogP contribution is -2.29. The lowest BCUT2D eigenvalue weighted by atomic mass is 9.84. The molecule has 2 nitrogen and oxygen atoms in total. The van der Waals surface area contributed by atoms with E-state index < -0.39 is 5.82 Å². The number of rotatable bonds is 3. The third kappa shape index (κ3) is 2.17. The summed E-state index contributed by atoms with van der Waals surface area (Å²) in [6.45, 7) is 0. The van der Waals surface area contributed by atoms with Crippen LogP contribution in [0.25, 0.3) is 0 Å². The molecule has 2 fully saturated rings. The van der Waals surface area contributed by atoms with E-state index in [1.807, 2.05) is 0 Å². The van der Waals surface area contributed by atoms with Crippen LogP contribution in [0.1, 0.15) is 24.8 Å². The van der Waals surface area contributed by atoms with Gasteiger partial charge in [0.15, 0.2) is 0 Å². The van der Waals surface area contributed by atoms with E-state index in [2.05, 4.69) is 5.32 Å². The maximum absolute atomic E-state index is 13.0. The van der Waals surface area contributed by atoms with Crippen molar-refractivity contribution < 1.29 is 9.18 Å². The Kier molecular flexibility index (Phi) is 3.12. The number of Topliss-reactive ketones (excluding diaryl/α,β-unsaturated/α-hetero) is 1. The molecule has 1 N–H and O–H groups in total. The van der Waals surface area contributed by atoms with Crippen LogP contribution in [0.5, 0.6) is 0 Å². The Morgan fingerprint density at radius 3 is 2.89 bits per heavy atom. The molecule has 2 saturated heterocycles. The van der Waals surface area contributed by atoms with Crippen molar-refractivity contribution in [2.45, 2.75) is 37.8 Å². The predicted octanol–water partition coefficient (Wildman–Crippen LogP) is 2.73. The van der Waals surface area contributed by atoms with Crippen molar-refractivity contribution >= 4 is 17.4 Å². The second-order valence-electron chi connectivity index (χ2n) is 5.28. The van der Waals surface area contributed by atoms with Gasteiger partial charge in [0.2, 0.25) is 0 Å². The Balaban J connectivity index is 1.69. The molecule has 0 saturated carbocycles. The second kappa shape index (κ2) is 4.63. The molecule has 0 aliphatic carbocycles. The van der Waals surface area contributed by atoms with Crippen molar-refractivity contribution in [3.63, 3.8) is 0 Å². The number of benzene rings is 1. The smallest absolute Gasteiger partial charge is 0.141 e. The summed E-state index contributed by atoms with van der Waals surface area (Å²) in [4.78, 5) is 12.2. The van der Waals surface area contributed by atoms with Gasteiger partial charge in [0.1, 0.15) is 11.6 Å². The number of nitrogens with one attached hydrogen (secondary N) is 1. The van der Waals surface area contributed by atoms with E-state index in [1.165, 1.54) is 12.5 Å². The first-order chi connectivity index (χ1) is 8.63. The van der Waals surface area contributed by atoms with Crippen molar-refractivity contribution in [2.75, 3.05) is 0 Å². The van der Waals surface area contributed by atoms with Crippen LogP contribution in [0, 0.1) is 11.7 Å².